The van der Waals surface area contributed by atoms with Gasteiger partial charge in [-0.2, -0.15) is 4.98 Å². The largest absolute Gasteiger partial charge is 0.497 e. The van der Waals surface area contributed by atoms with Crippen molar-refractivity contribution in [1.82, 2.24) is 14.8 Å². The van der Waals surface area contributed by atoms with Gasteiger partial charge in [-0.1, -0.05) is 6.07 Å². The summed E-state index contributed by atoms with van der Waals surface area (Å²) in [6, 6.07) is 20.3. The first-order chi connectivity index (χ1) is 15.9. The Morgan fingerprint density at radius 2 is 1.76 bits per heavy atom. The van der Waals surface area contributed by atoms with Crippen molar-refractivity contribution in [3.63, 3.8) is 0 Å². The van der Waals surface area contributed by atoms with Crippen molar-refractivity contribution in [2.24, 2.45) is 0 Å². The van der Waals surface area contributed by atoms with Crippen molar-refractivity contribution in [3.05, 3.63) is 84.2 Å². The number of nitrogens with one attached hydrogen (secondary N) is 1. The van der Waals surface area contributed by atoms with Crippen LogP contribution in [-0.2, 0) is 0 Å². The second-order valence-electron chi connectivity index (χ2n) is 7.54. The van der Waals surface area contributed by atoms with Crippen LogP contribution in [0, 0.1) is 5.82 Å². The fourth-order valence-corrected chi connectivity index (χ4v) is 3.17. The lowest BCUT2D eigenvalue weighted by molar-refractivity contribution is 0.102. The smallest absolute Gasteiger partial charge is 0.336 e. The summed E-state index contributed by atoms with van der Waals surface area (Å²) in [6.07, 6.45) is -0.101. The van der Waals surface area contributed by atoms with E-state index < -0.39 is 0 Å². The van der Waals surface area contributed by atoms with Gasteiger partial charge in [0.15, 0.2) is 5.82 Å². The van der Waals surface area contributed by atoms with Gasteiger partial charge in [-0.3, -0.25) is 4.79 Å². The molecule has 168 valence electrons. The molecule has 0 bridgehead atoms. The molecule has 8 heteroatoms. The maximum Gasteiger partial charge on any atom is 0.336 e. The molecule has 0 aliphatic heterocycles. The molecule has 4 aromatic rings. The van der Waals surface area contributed by atoms with Crippen LogP contribution in [0.15, 0.2) is 72.8 Å². The number of ether oxygens (including phenoxy) is 2. The normalized spacial score (nSPS) is 10.8. The predicted octanol–water partition coefficient (Wildman–Crippen LogP) is 5.12. The van der Waals surface area contributed by atoms with Gasteiger partial charge in [0.2, 0.25) is 0 Å². The zero-order valence-electron chi connectivity index (χ0n) is 18.4. The summed E-state index contributed by atoms with van der Waals surface area (Å²) in [6.45, 7) is 3.77. The molecule has 1 aromatic heterocycles. The van der Waals surface area contributed by atoms with Crippen LogP contribution in [-0.4, -0.2) is 33.9 Å². The Balaban J connectivity index is 1.60. The van der Waals surface area contributed by atoms with Gasteiger partial charge in [0, 0.05) is 16.8 Å². The lowest BCUT2D eigenvalue weighted by Gasteiger charge is -2.09. The monoisotopic (exact) mass is 446 g/mol. The number of anilines is 1. The lowest BCUT2D eigenvalue weighted by Crippen LogP contribution is -2.12. The molecular formula is C25H23FN4O3. The van der Waals surface area contributed by atoms with Crippen LogP contribution in [0.25, 0.3) is 17.1 Å². The third-order valence-electron chi connectivity index (χ3n) is 4.73. The number of carbonyl (C=O) groups excluding carboxylic acids is 1. The van der Waals surface area contributed by atoms with Crippen molar-refractivity contribution in [3.8, 4) is 28.8 Å². The van der Waals surface area contributed by atoms with Crippen LogP contribution < -0.4 is 14.8 Å². The van der Waals surface area contributed by atoms with Crippen molar-refractivity contribution < 1.29 is 18.7 Å². The number of carbonyl (C=O) groups is 1. The van der Waals surface area contributed by atoms with Gasteiger partial charge in [0.25, 0.3) is 5.91 Å². The third kappa shape index (κ3) is 5.17. The lowest BCUT2D eigenvalue weighted by atomic mass is 10.2. The molecule has 1 heterocycles. The molecule has 0 radical (unpaired) electrons. The Bertz CT molecular complexity index is 1250. The standard InChI is InChI=1S/C25H23FN4O3/c1-16(2)33-25-28-23(17-7-9-19(26)10-8-17)30(29-25)21-13-11-20(12-14-21)27-24(31)18-5-4-6-22(15-18)32-3/h4-16H,1-3H3,(H,27,31). The van der Waals surface area contributed by atoms with Gasteiger partial charge in [-0.05, 0) is 80.6 Å². The molecule has 0 aliphatic rings. The van der Waals surface area contributed by atoms with Crippen molar-refractivity contribution in [2.75, 3.05) is 12.4 Å². The number of halogens is 1. The number of methoxy groups -OCH3 is 1. The van der Waals surface area contributed by atoms with Crippen LogP contribution in [0.2, 0.25) is 0 Å². The fourth-order valence-electron chi connectivity index (χ4n) is 3.17. The van der Waals surface area contributed by atoms with E-state index >= 15 is 0 Å². The molecule has 0 saturated carbocycles. The van der Waals surface area contributed by atoms with E-state index in [9.17, 15) is 9.18 Å². The molecule has 33 heavy (non-hydrogen) atoms. The maximum absolute atomic E-state index is 13.4. The van der Waals surface area contributed by atoms with Gasteiger partial charge in [0.05, 0.1) is 18.9 Å². The molecule has 0 saturated heterocycles. The number of amides is 1. The fraction of sp³-hybridized carbons (Fsp3) is 0.160. The van der Waals surface area contributed by atoms with E-state index in [1.54, 1.807) is 60.3 Å². The summed E-state index contributed by atoms with van der Waals surface area (Å²) < 4.78 is 25.9. The summed E-state index contributed by atoms with van der Waals surface area (Å²) in [5.74, 6) is 0.539. The van der Waals surface area contributed by atoms with E-state index in [0.29, 0.717) is 34.1 Å². The van der Waals surface area contributed by atoms with Crippen LogP contribution in [0.3, 0.4) is 0 Å². The Morgan fingerprint density at radius 1 is 1.03 bits per heavy atom. The molecule has 4 rings (SSSR count). The summed E-state index contributed by atoms with van der Waals surface area (Å²) >= 11 is 0. The Morgan fingerprint density at radius 3 is 2.42 bits per heavy atom. The van der Waals surface area contributed by atoms with Crippen LogP contribution in [0.1, 0.15) is 24.2 Å². The highest BCUT2D eigenvalue weighted by molar-refractivity contribution is 6.04. The van der Waals surface area contributed by atoms with Gasteiger partial charge in [-0.25, -0.2) is 9.07 Å². The predicted molar refractivity (Wildman–Crippen MR) is 123 cm³/mol. The van der Waals surface area contributed by atoms with Gasteiger partial charge in [0.1, 0.15) is 11.6 Å². The average molecular weight is 446 g/mol. The first-order valence-electron chi connectivity index (χ1n) is 10.4. The number of nitrogens with zero attached hydrogens (tertiary/aromatic N) is 3. The molecule has 0 unspecified atom stereocenters. The number of benzene rings is 3. The Labute approximate surface area is 190 Å². The first kappa shape index (κ1) is 22.0. The second kappa shape index (κ2) is 9.52. The van der Waals surface area contributed by atoms with Crippen LogP contribution >= 0.6 is 0 Å². The Kier molecular flexibility index (Phi) is 6.35. The molecule has 0 atom stereocenters. The number of hydrogen-bond donors (Lipinski definition) is 1. The van der Waals surface area contributed by atoms with Crippen molar-refractivity contribution >= 4 is 11.6 Å². The summed E-state index contributed by atoms with van der Waals surface area (Å²) in [7, 11) is 1.55. The first-order valence-corrected chi connectivity index (χ1v) is 10.4. The van der Waals surface area contributed by atoms with Crippen LogP contribution in [0.4, 0.5) is 10.1 Å². The highest BCUT2D eigenvalue weighted by Gasteiger charge is 2.16. The van der Waals surface area contributed by atoms with E-state index in [1.165, 1.54) is 12.1 Å². The third-order valence-corrected chi connectivity index (χ3v) is 4.73. The zero-order chi connectivity index (χ0) is 23.4. The molecule has 7 nitrogen and oxygen atoms in total. The minimum Gasteiger partial charge on any atom is -0.497 e. The minimum atomic E-state index is -0.334. The van der Waals surface area contributed by atoms with Gasteiger partial charge >= 0.3 is 6.01 Å². The number of rotatable bonds is 7. The molecule has 1 amide bonds. The highest BCUT2D eigenvalue weighted by atomic mass is 19.1. The van der Waals surface area contributed by atoms with Gasteiger partial charge < -0.3 is 14.8 Å². The minimum absolute atomic E-state index is 0.101. The molecule has 1 N–H and O–H groups in total. The average Bonchev–Trinajstić information content (AvgIpc) is 3.23. The SMILES string of the molecule is COc1cccc(C(=O)Nc2ccc(-n3nc(OC(C)C)nc3-c3ccc(F)cc3)cc2)c1. The van der Waals surface area contributed by atoms with E-state index in [4.69, 9.17) is 9.47 Å². The molecule has 0 spiro atoms. The molecule has 0 aliphatic carbocycles. The number of hydrogen-bond acceptors (Lipinski definition) is 5. The van der Waals surface area contributed by atoms with E-state index in [0.717, 1.165) is 0 Å². The van der Waals surface area contributed by atoms with E-state index in [1.807, 2.05) is 26.0 Å². The van der Waals surface area contributed by atoms with Crippen molar-refractivity contribution in [1.29, 1.82) is 0 Å². The summed E-state index contributed by atoms with van der Waals surface area (Å²) in [5.41, 5.74) is 2.51. The molecule has 3 aromatic carbocycles. The summed E-state index contributed by atoms with van der Waals surface area (Å²) in [4.78, 5) is 17.0. The second-order valence-corrected chi connectivity index (χ2v) is 7.54. The van der Waals surface area contributed by atoms with Crippen molar-refractivity contribution in [2.45, 2.75) is 20.0 Å². The van der Waals surface area contributed by atoms with E-state index in [2.05, 4.69) is 15.4 Å². The maximum atomic E-state index is 13.4. The quantitative estimate of drug-likeness (QED) is 0.426. The zero-order valence-corrected chi connectivity index (χ0v) is 18.4. The van der Waals surface area contributed by atoms with Gasteiger partial charge in [-0.15, -0.1) is 5.10 Å². The molecular weight excluding hydrogens is 423 g/mol. The number of aromatic nitrogens is 3. The topological polar surface area (TPSA) is 78.3 Å². The van der Waals surface area contributed by atoms with E-state index in [-0.39, 0.29) is 23.8 Å². The Hall–Kier alpha value is -4.20. The summed E-state index contributed by atoms with van der Waals surface area (Å²) in [5, 5.41) is 7.33. The highest BCUT2D eigenvalue weighted by Crippen LogP contribution is 2.25. The van der Waals surface area contributed by atoms with Crippen LogP contribution in [0.5, 0.6) is 11.8 Å². The molecule has 0 fully saturated rings.